The van der Waals surface area contributed by atoms with Gasteiger partial charge in [-0.1, -0.05) is 0 Å². The summed E-state index contributed by atoms with van der Waals surface area (Å²) in [5, 5.41) is 3.07. The van der Waals surface area contributed by atoms with Crippen molar-refractivity contribution in [3.05, 3.63) is 15.6 Å². The van der Waals surface area contributed by atoms with Crippen LogP contribution in [0.15, 0.2) is 0 Å². The molecule has 7 heteroatoms. The SMILES string of the molecule is CCOC(C)(C)c1nc(C(F)(F)F)c(CNC)s1. The number of nitrogens with zero attached hydrogens (tertiary/aromatic N) is 1. The van der Waals surface area contributed by atoms with Gasteiger partial charge in [0, 0.05) is 13.2 Å². The quantitative estimate of drug-likeness (QED) is 0.901. The Morgan fingerprint density at radius 2 is 1.94 bits per heavy atom. The molecule has 104 valence electrons. The van der Waals surface area contributed by atoms with Crippen molar-refractivity contribution in [1.29, 1.82) is 0 Å². The molecule has 0 aliphatic rings. The molecule has 0 fully saturated rings. The van der Waals surface area contributed by atoms with E-state index in [0.717, 1.165) is 11.3 Å². The molecular weight excluding hydrogens is 265 g/mol. The summed E-state index contributed by atoms with van der Waals surface area (Å²) in [6.07, 6.45) is -4.43. The zero-order chi connectivity index (χ0) is 14.0. The number of aromatic nitrogens is 1. The Hall–Kier alpha value is -0.660. The second-order valence-electron chi connectivity index (χ2n) is 4.26. The van der Waals surface area contributed by atoms with Crippen LogP contribution in [-0.4, -0.2) is 18.6 Å². The first-order chi connectivity index (χ1) is 8.22. The lowest BCUT2D eigenvalue weighted by Crippen LogP contribution is -2.21. The average Bonchev–Trinajstić information content (AvgIpc) is 2.62. The molecule has 0 aliphatic heterocycles. The molecule has 0 spiro atoms. The van der Waals surface area contributed by atoms with E-state index >= 15 is 0 Å². The summed E-state index contributed by atoms with van der Waals surface area (Å²) in [5.41, 5.74) is -1.62. The molecule has 0 bridgehead atoms. The lowest BCUT2D eigenvalue weighted by Gasteiger charge is -2.21. The third-order valence-electron chi connectivity index (χ3n) is 2.32. The Morgan fingerprint density at radius 1 is 1.33 bits per heavy atom. The zero-order valence-corrected chi connectivity index (χ0v) is 11.6. The molecule has 0 aromatic carbocycles. The number of hydrogen-bond donors (Lipinski definition) is 1. The minimum Gasteiger partial charge on any atom is -0.369 e. The molecule has 3 nitrogen and oxygen atoms in total. The van der Waals surface area contributed by atoms with Crippen molar-refractivity contribution in [2.45, 2.75) is 39.1 Å². The van der Waals surface area contributed by atoms with Crippen LogP contribution in [0.4, 0.5) is 13.2 Å². The van der Waals surface area contributed by atoms with Crippen molar-refractivity contribution in [3.8, 4) is 0 Å². The van der Waals surface area contributed by atoms with E-state index in [1.165, 1.54) is 0 Å². The molecule has 1 N–H and O–H groups in total. The van der Waals surface area contributed by atoms with Crippen molar-refractivity contribution in [3.63, 3.8) is 0 Å². The maximum absolute atomic E-state index is 12.8. The summed E-state index contributed by atoms with van der Waals surface area (Å²) in [7, 11) is 1.60. The Labute approximate surface area is 108 Å². The number of rotatable bonds is 5. The summed E-state index contributed by atoms with van der Waals surface area (Å²) in [6.45, 7) is 5.82. The van der Waals surface area contributed by atoms with Gasteiger partial charge in [0.05, 0.1) is 4.88 Å². The maximum atomic E-state index is 12.8. The van der Waals surface area contributed by atoms with Gasteiger partial charge < -0.3 is 10.1 Å². The molecule has 1 rings (SSSR count). The van der Waals surface area contributed by atoms with Gasteiger partial charge in [0.2, 0.25) is 0 Å². The van der Waals surface area contributed by atoms with Gasteiger partial charge in [0.15, 0.2) is 5.69 Å². The van der Waals surface area contributed by atoms with E-state index in [4.69, 9.17) is 4.74 Å². The number of thiazole rings is 1. The third-order valence-corrected chi connectivity index (χ3v) is 3.68. The van der Waals surface area contributed by atoms with Crippen LogP contribution in [0.5, 0.6) is 0 Å². The molecular formula is C11H17F3N2OS. The highest BCUT2D eigenvalue weighted by atomic mass is 32.1. The first kappa shape index (κ1) is 15.4. The maximum Gasteiger partial charge on any atom is 0.434 e. The van der Waals surface area contributed by atoms with Crippen LogP contribution in [0.25, 0.3) is 0 Å². The summed E-state index contributed by atoms with van der Waals surface area (Å²) in [5.74, 6) is 0. The lowest BCUT2D eigenvalue weighted by atomic mass is 10.1. The number of alkyl halides is 3. The van der Waals surface area contributed by atoms with Crippen molar-refractivity contribution in [2.75, 3.05) is 13.7 Å². The normalized spacial score (nSPS) is 13.1. The van der Waals surface area contributed by atoms with Gasteiger partial charge in [-0.3, -0.25) is 0 Å². The molecule has 0 amide bonds. The van der Waals surface area contributed by atoms with Crippen molar-refractivity contribution < 1.29 is 17.9 Å². The largest absolute Gasteiger partial charge is 0.434 e. The monoisotopic (exact) mass is 282 g/mol. The predicted molar refractivity (Wildman–Crippen MR) is 64.5 cm³/mol. The second-order valence-corrected chi connectivity index (χ2v) is 5.35. The van der Waals surface area contributed by atoms with Crippen LogP contribution >= 0.6 is 11.3 Å². The van der Waals surface area contributed by atoms with Crippen LogP contribution in [-0.2, 0) is 23.1 Å². The molecule has 0 radical (unpaired) electrons. The molecule has 1 heterocycles. The van der Waals surface area contributed by atoms with E-state index in [0.29, 0.717) is 11.6 Å². The Morgan fingerprint density at radius 3 is 2.39 bits per heavy atom. The van der Waals surface area contributed by atoms with Crippen molar-refractivity contribution in [1.82, 2.24) is 10.3 Å². The van der Waals surface area contributed by atoms with Gasteiger partial charge in [-0.05, 0) is 27.8 Å². The minimum absolute atomic E-state index is 0.148. The fourth-order valence-corrected chi connectivity index (χ4v) is 2.68. The van der Waals surface area contributed by atoms with Gasteiger partial charge in [-0.15, -0.1) is 11.3 Å². The van der Waals surface area contributed by atoms with E-state index in [-0.39, 0.29) is 11.4 Å². The molecule has 1 aromatic rings. The molecule has 18 heavy (non-hydrogen) atoms. The van der Waals surface area contributed by atoms with Gasteiger partial charge in [-0.2, -0.15) is 13.2 Å². The summed E-state index contributed by atoms with van der Waals surface area (Å²) in [4.78, 5) is 3.91. The highest BCUT2D eigenvalue weighted by molar-refractivity contribution is 7.11. The summed E-state index contributed by atoms with van der Waals surface area (Å²) < 4.78 is 43.9. The standard InChI is InChI=1S/C11H17F3N2OS/c1-5-17-10(2,3)9-16-8(11(12,13)14)7(18-9)6-15-4/h15H,5-6H2,1-4H3. The zero-order valence-electron chi connectivity index (χ0n) is 10.8. The molecule has 0 aliphatic carbocycles. The molecule has 0 atom stereocenters. The first-order valence-electron chi connectivity index (χ1n) is 5.58. The smallest absolute Gasteiger partial charge is 0.369 e. The van der Waals surface area contributed by atoms with Gasteiger partial charge in [0.1, 0.15) is 10.6 Å². The molecule has 1 aromatic heterocycles. The third kappa shape index (κ3) is 3.43. The Bertz CT molecular complexity index is 401. The number of ether oxygens (including phenoxy) is 1. The highest BCUT2D eigenvalue weighted by Crippen LogP contribution is 2.38. The van der Waals surface area contributed by atoms with Crippen molar-refractivity contribution >= 4 is 11.3 Å². The van der Waals surface area contributed by atoms with Crippen LogP contribution in [0, 0.1) is 0 Å². The van der Waals surface area contributed by atoms with Crippen LogP contribution in [0.1, 0.15) is 36.3 Å². The molecule has 0 saturated heterocycles. The fraction of sp³-hybridized carbons (Fsp3) is 0.727. The van der Waals surface area contributed by atoms with E-state index < -0.39 is 17.5 Å². The topological polar surface area (TPSA) is 34.1 Å². The summed E-state index contributed by atoms with van der Waals surface area (Å²) in [6, 6.07) is 0. The van der Waals surface area contributed by atoms with Gasteiger partial charge in [-0.25, -0.2) is 4.98 Å². The Kier molecular flexibility index (Phi) is 4.74. The average molecular weight is 282 g/mol. The van der Waals surface area contributed by atoms with E-state index in [2.05, 4.69) is 10.3 Å². The first-order valence-corrected chi connectivity index (χ1v) is 6.40. The van der Waals surface area contributed by atoms with Crippen LogP contribution < -0.4 is 5.32 Å². The van der Waals surface area contributed by atoms with E-state index in [9.17, 15) is 13.2 Å². The van der Waals surface area contributed by atoms with E-state index in [1.807, 2.05) is 0 Å². The Balaban J connectivity index is 3.17. The van der Waals surface area contributed by atoms with Crippen LogP contribution in [0.3, 0.4) is 0 Å². The van der Waals surface area contributed by atoms with Gasteiger partial charge >= 0.3 is 6.18 Å². The highest BCUT2D eigenvalue weighted by Gasteiger charge is 2.39. The van der Waals surface area contributed by atoms with Crippen molar-refractivity contribution in [2.24, 2.45) is 0 Å². The number of nitrogens with one attached hydrogen (secondary N) is 1. The second kappa shape index (κ2) is 5.54. The lowest BCUT2D eigenvalue weighted by molar-refractivity contribution is -0.141. The molecule has 0 unspecified atom stereocenters. The molecule has 0 saturated carbocycles. The van der Waals surface area contributed by atoms with Crippen LogP contribution in [0.2, 0.25) is 0 Å². The van der Waals surface area contributed by atoms with E-state index in [1.54, 1.807) is 27.8 Å². The number of hydrogen-bond acceptors (Lipinski definition) is 4. The number of halogens is 3. The summed E-state index contributed by atoms with van der Waals surface area (Å²) >= 11 is 1.04. The minimum atomic E-state index is -4.43. The van der Waals surface area contributed by atoms with Gasteiger partial charge in [0.25, 0.3) is 0 Å². The fourth-order valence-electron chi connectivity index (χ4n) is 1.53. The predicted octanol–water partition coefficient (Wildman–Crippen LogP) is 3.15.